The Balaban J connectivity index is 2.41. The second kappa shape index (κ2) is 5.10. The molecule has 1 unspecified atom stereocenters. The van der Waals surface area contributed by atoms with E-state index in [9.17, 15) is 0 Å². The first-order valence-electron chi connectivity index (χ1n) is 4.35. The van der Waals surface area contributed by atoms with Crippen LogP contribution >= 0.6 is 54.5 Å². The van der Waals surface area contributed by atoms with Crippen molar-refractivity contribution >= 4 is 54.5 Å². The molecule has 0 radical (unpaired) electrons. The van der Waals surface area contributed by atoms with E-state index < -0.39 is 0 Å². The average Bonchev–Trinajstić information content (AvgIpc) is 2.80. The molecule has 0 spiro atoms. The van der Waals surface area contributed by atoms with Crippen LogP contribution in [0.1, 0.15) is 16.5 Å². The molecule has 15 heavy (non-hydrogen) atoms. The standard InChI is InChI=1S/C10H9Br2NS2/c1-13-9(6-4-14-5-8(6)12)10-7(11)2-3-15-10/h2-5,9,13H,1H3. The molecule has 0 aliphatic carbocycles. The first-order valence-corrected chi connectivity index (χ1v) is 7.76. The van der Waals surface area contributed by atoms with E-state index in [-0.39, 0.29) is 6.04 Å². The van der Waals surface area contributed by atoms with Gasteiger partial charge in [0.2, 0.25) is 0 Å². The van der Waals surface area contributed by atoms with Crippen molar-refractivity contribution in [1.82, 2.24) is 5.32 Å². The van der Waals surface area contributed by atoms with E-state index >= 15 is 0 Å². The Morgan fingerprint density at radius 3 is 2.53 bits per heavy atom. The van der Waals surface area contributed by atoms with Gasteiger partial charge < -0.3 is 5.32 Å². The van der Waals surface area contributed by atoms with Crippen LogP contribution in [0.3, 0.4) is 0 Å². The maximum atomic E-state index is 3.58. The number of nitrogens with one attached hydrogen (secondary N) is 1. The van der Waals surface area contributed by atoms with Gasteiger partial charge in [0.1, 0.15) is 0 Å². The first kappa shape index (κ1) is 11.8. The maximum Gasteiger partial charge on any atom is 0.0699 e. The molecule has 0 amide bonds. The summed E-state index contributed by atoms with van der Waals surface area (Å²) in [6.07, 6.45) is 0. The summed E-state index contributed by atoms with van der Waals surface area (Å²) in [5.74, 6) is 0. The predicted molar refractivity (Wildman–Crippen MR) is 74.9 cm³/mol. The van der Waals surface area contributed by atoms with E-state index in [1.165, 1.54) is 19.4 Å². The van der Waals surface area contributed by atoms with Crippen LogP contribution in [0.25, 0.3) is 0 Å². The smallest absolute Gasteiger partial charge is 0.0699 e. The molecule has 0 aromatic carbocycles. The number of rotatable bonds is 3. The van der Waals surface area contributed by atoms with E-state index in [0.29, 0.717) is 0 Å². The summed E-state index contributed by atoms with van der Waals surface area (Å²) < 4.78 is 2.34. The fourth-order valence-corrected chi connectivity index (χ4v) is 4.72. The number of halogens is 2. The zero-order valence-corrected chi connectivity index (χ0v) is 12.8. The summed E-state index contributed by atoms with van der Waals surface area (Å²) in [6.45, 7) is 0. The van der Waals surface area contributed by atoms with Crippen molar-refractivity contribution in [3.05, 3.63) is 41.6 Å². The van der Waals surface area contributed by atoms with Gasteiger partial charge in [0.25, 0.3) is 0 Å². The van der Waals surface area contributed by atoms with Crippen LogP contribution in [0.15, 0.2) is 31.2 Å². The number of hydrogen-bond donors (Lipinski definition) is 1. The lowest BCUT2D eigenvalue weighted by Crippen LogP contribution is -2.16. The molecule has 0 saturated heterocycles. The Bertz CT molecular complexity index is 409. The van der Waals surface area contributed by atoms with Gasteiger partial charge in [-0.05, 0) is 61.3 Å². The number of hydrogen-bond acceptors (Lipinski definition) is 3. The lowest BCUT2D eigenvalue weighted by Gasteiger charge is -2.14. The van der Waals surface area contributed by atoms with Crippen molar-refractivity contribution < 1.29 is 0 Å². The van der Waals surface area contributed by atoms with Gasteiger partial charge in [-0.15, -0.1) is 11.3 Å². The fraction of sp³-hybridized carbons (Fsp3) is 0.200. The van der Waals surface area contributed by atoms with Crippen LogP contribution in [0.4, 0.5) is 0 Å². The summed E-state index contributed by atoms with van der Waals surface area (Å²) in [5, 5.41) is 9.74. The van der Waals surface area contributed by atoms with Gasteiger partial charge in [0.05, 0.1) is 6.04 Å². The molecule has 80 valence electrons. The second-order valence-corrected chi connectivity index (χ2v) is 6.43. The Hall–Kier alpha value is 0.320. The molecular formula is C10H9Br2NS2. The van der Waals surface area contributed by atoms with E-state index in [4.69, 9.17) is 0 Å². The summed E-state index contributed by atoms with van der Waals surface area (Å²) in [7, 11) is 1.99. The highest BCUT2D eigenvalue weighted by Gasteiger charge is 2.19. The average molecular weight is 367 g/mol. The molecular weight excluding hydrogens is 358 g/mol. The first-order chi connectivity index (χ1) is 7.24. The van der Waals surface area contributed by atoms with Crippen molar-refractivity contribution in [2.24, 2.45) is 0 Å². The van der Waals surface area contributed by atoms with Crippen LogP contribution < -0.4 is 5.32 Å². The van der Waals surface area contributed by atoms with Crippen LogP contribution in [0.2, 0.25) is 0 Å². The third-order valence-corrected chi connectivity index (χ3v) is 5.84. The summed E-state index contributed by atoms with van der Waals surface area (Å²) >= 11 is 10.6. The van der Waals surface area contributed by atoms with Crippen LogP contribution in [0.5, 0.6) is 0 Å². The lowest BCUT2D eigenvalue weighted by molar-refractivity contribution is 0.701. The quantitative estimate of drug-likeness (QED) is 0.833. The Labute approximate surface area is 114 Å². The van der Waals surface area contributed by atoms with Crippen molar-refractivity contribution in [3.8, 4) is 0 Å². The van der Waals surface area contributed by atoms with Gasteiger partial charge >= 0.3 is 0 Å². The molecule has 0 aliphatic rings. The van der Waals surface area contributed by atoms with Crippen molar-refractivity contribution in [3.63, 3.8) is 0 Å². The molecule has 1 N–H and O–H groups in total. The van der Waals surface area contributed by atoms with E-state index in [2.05, 4.69) is 59.4 Å². The highest BCUT2D eigenvalue weighted by Crippen LogP contribution is 2.37. The van der Waals surface area contributed by atoms with Gasteiger partial charge in [-0.25, -0.2) is 0 Å². The molecule has 1 atom stereocenters. The van der Waals surface area contributed by atoms with Gasteiger partial charge in [-0.2, -0.15) is 11.3 Å². The van der Waals surface area contributed by atoms with Crippen molar-refractivity contribution in [2.45, 2.75) is 6.04 Å². The fourth-order valence-electron chi connectivity index (χ4n) is 1.44. The molecule has 2 heterocycles. The third kappa shape index (κ3) is 2.36. The Morgan fingerprint density at radius 1 is 1.27 bits per heavy atom. The molecule has 1 nitrogen and oxygen atoms in total. The van der Waals surface area contributed by atoms with E-state index in [1.54, 1.807) is 22.7 Å². The zero-order chi connectivity index (χ0) is 10.8. The molecule has 0 saturated carbocycles. The molecule has 2 rings (SSSR count). The minimum absolute atomic E-state index is 0.264. The van der Waals surface area contributed by atoms with E-state index in [0.717, 1.165) is 0 Å². The zero-order valence-electron chi connectivity index (χ0n) is 7.96. The highest BCUT2D eigenvalue weighted by atomic mass is 79.9. The second-order valence-electron chi connectivity index (χ2n) is 3.03. The van der Waals surface area contributed by atoms with Crippen molar-refractivity contribution in [1.29, 1.82) is 0 Å². The predicted octanol–water partition coefficient (Wildman–Crippen LogP) is 4.64. The van der Waals surface area contributed by atoms with Crippen LogP contribution in [-0.4, -0.2) is 7.05 Å². The summed E-state index contributed by atoms with van der Waals surface area (Å²) in [4.78, 5) is 1.32. The highest BCUT2D eigenvalue weighted by molar-refractivity contribution is 9.11. The van der Waals surface area contributed by atoms with Gasteiger partial charge in [0, 0.05) is 19.2 Å². The third-order valence-electron chi connectivity index (χ3n) is 2.15. The number of thiophene rings is 2. The van der Waals surface area contributed by atoms with Gasteiger partial charge in [-0.3, -0.25) is 0 Å². The SMILES string of the molecule is CNC(c1cscc1Br)c1sccc1Br. The Morgan fingerprint density at radius 2 is 2.07 bits per heavy atom. The monoisotopic (exact) mass is 365 g/mol. The van der Waals surface area contributed by atoms with Gasteiger partial charge in [0.15, 0.2) is 0 Å². The topological polar surface area (TPSA) is 12.0 Å². The molecule has 0 fully saturated rings. The minimum atomic E-state index is 0.264. The van der Waals surface area contributed by atoms with Gasteiger partial charge in [-0.1, -0.05) is 0 Å². The normalized spacial score (nSPS) is 13.0. The van der Waals surface area contributed by atoms with Crippen molar-refractivity contribution in [2.75, 3.05) is 7.05 Å². The summed E-state index contributed by atoms with van der Waals surface area (Å²) in [6, 6.07) is 2.35. The lowest BCUT2D eigenvalue weighted by atomic mass is 10.1. The van der Waals surface area contributed by atoms with E-state index in [1.807, 2.05) is 7.05 Å². The molecule has 2 aromatic rings. The molecule has 2 aromatic heterocycles. The Kier molecular flexibility index (Phi) is 4.01. The molecule has 5 heteroatoms. The minimum Gasteiger partial charge on any atom is -0.309 e. The van der Waals surface area contributed by atoms with Crippen LogP contribution in [-0.2, 0) is 0 Å². The maximum absolute atomic E-state index is 3.58. The molecule has 0 aliphatic heterocycles. The summed E-state index contributed by atoms with van der Waals surface area (Å²) in [5.41, 5.74) is 1.30. The largest absolute Gasteiger partial charge is 0.309 e. The molecule has 0 bridgehead atoms. The van der Waals surface area contributed by atoms with Crippen LogP contribution in [0, 0.1) is 0 Å².